The lowest BCUT2D eigenvalue weighted by atomic mass is 10.2. The second-order valence-electron chi connectivity index (χ2n) is 2.53. The summed E-state index contributed by atoms with van der Waals surface area (Å²) in [5.41, 5.74) is 6.46. The summed E-state index contributed by atoms with van der Waals surface area (Å²) >= 11 is 3.45. The van der Waals surface area contributed by atoms with Crippen molar-refractivity contribution < 1.29 is 4.74 Å². The molecule has 13 heavy (non-hydrogen) atoms. The molecule has 3 heteroatoms. The minimum absolute atomic E-state index is 0.554. The van der Waals surface area contributed by atoms with Crippen LogP contribution in [0, 0.1) is 0 Å². The molecule has 2 N–H and O–H groups in total. The third kappa shape index (κ3) is 2.86. The van der Waals surface area contributed by atoms with Gasteiger partial charge < -0.3 is 10.5 Å². The zero-order valence-corrected chi connectivity index (χ0v) is 9.04. The molecule has 0 bridgehead atoms. The van der Waals surface area contributed by atoms with Crippen LogP contribution in [0.4, 0.5) is 0 Å². The van der Waals surface area contributed by atoms with Gasteiger partial charge in [-0.2, -0.15) is 0 Å². The monoisotopic (exact) mass is 241 g/mol. The van der Waals surface area contributed by atoms with Gasteiger partial charge in [-0.05, 0) is 17.7 Å². The van der Waals surface area contributed by atoms with Gasteiger partial charge in [0.15, 0.2) is 0 Å². The van der Waals surface area contributed by atoms with Crippen molar-refractivity contribution in [2.75, 3.05) is 13.7 Å². The number of halogens is 1. The van der Waals surface area contributed by atoms with Crippen molar-refractivity contribution in [3.8, 4) is 5.75 Å². The molecule has 0 aliphatic rings. The summed E-state index contributed by atoms with van der Waals surface area (Å²) in [5, 5.41) is 0. The van der Waals surface area contributed by atoms with E-state index in [1.54, 1.807) is 7.11 Å². The SMILES string of the molecule is COc1ccc(/C=C/CN)c(Br)c1. The predicted molar refractivity (Wildman–Crippen MR) is 58.8 cm³/mol. The number of methoxy groups -OCH3 is 1. The van der Waals surface area contributed by atoms with Gasteiger partial charge in [-0.1, -0.05) is 34.1 Å². The topological polar surface area (TPSA) is 35.2 Å². The first-order chi connectivity index (χ1) is 6.27. The lowest BCUT2D eigenvalue weighted by molar-refractivity contribution is 0.414. The first-order valence-electron chi connectivity index (χ1n) is 3.98. The standard InChI is InChI=1S/C10H12BrNO/c1-13-9-5-4-8(3-2-6-12)10(11)7-9/h2-5,7H,6,12H2,1H3/b3-2+. The van der Waals surface area contributed by atoms with Crippen LogP contribution in [0.2, 0.25) is 0 Å². The van der Waals surface area contributed by atoms with E-state index < -0.39 is 0 Å². The van der Waals surface area contributed by atoms with E-state index in [-0.39, 0.29) is 0 Å². The van der Waals surface area contributed by atoms with Crippen molar-refractivity contribution in [1.29, 1.82) is 0 Å². The Morgan fingerprint density at radius 3 is 2.85 bits per heavy atom. The number of rotatable bonds is 3. The maximum absolute atomic E-state index is 5.36. The van der Waals surface area contributed by atoms with E-state index >= 15 is 0 Å². The molecule has 70 valence electrons. The maximum Gasteiger partial charge on any atom is 0.120 e. The molecule has 2 nitrogen and oxygen atoms in total. The van der Waals surface area contributed by atoms with Gasteiger partial charge in [0.1, 0.15) is 5.75 Å². The zero-order valence-electron chi connectivity index (χ0n) is 7.46. The smallest absolute Gasteiger partial charge is 0.120 e. The second-order valence-corrected chi connectivity index (χ2v) is 3.38. The third-order valence-corrected chi connectivity index (χ3v) is 2.33. The number of ether oxygens (including phenoxy) is 1. The van der Waals surface area contributed by atoms with Gasteiger partial charge in [0, 0.05) is 11.0 Å². The van der Waals surface area contributed by atoms with Gasteiger partial charge >= 0.3 is 0 Å². The first kappa shape index (κ1) is 10.3. The largest absolute Gasteiger partial charge is 0.497 e. The van der Waals surface area contributed by atoms with Crippen LogP contribution >= 0.6 is 15.9 Å². The van der Waals surface area contributed by atoms with Crippen LogP contribution in [0.15, 0.2) is 28.7 Å². The van der Waals surface area contributed by atoms with Gasteiger partial charge in [-0.3, -0.25) is 0 Å². The van der Waals surface area contributed by atoms with Crippen LogP contribution in [0.25, 0.3) is 6.08 Å². The normalized spacial score (nSPS) is 10.7. The van der Waals surface area contributed by atoms with Crippen molar-refractivity contribution in [2.24, 2.45) is 5.73 Å². The Labute approximate surface area is 86.5 Å². The Hall–Kier alpha value is -0.800. The Balaban J connectivity index is 2.91. The maximum atomic E-state index is 5.36. The van der Waals surface area contributed by atoms with Crippen LogP contribution < -0.4 is 10.5 Å². The highest BCUT2D eigenvalue weighted by atomic mass is 79.9. The van der Waals surface area contributed by atoms with E-state index in [2.05, 4.69) is 15.9 Å². The van der Waals surface area contributed by atoms with Gasteiger partial charge in [-0.25, -0.2) is 0 Å². The van der Waals surface area contributed by atoms with E-state index in [0.717, 1.165) is 15.8 Å². The molecule has 0 aliphatic heterocycles. The Kier molecular flexibility index (Phi) is 3.99. The Morgan fingerprint density at radius 2 is 2.31 bits per heavy atom. The molecule has 0 spiro atoms. The minimum Gasteiger partial charge on any atom is -0.497 e. The van der Waals surface area contributed by atoms with Crippen molar-refractivity contribution in [2.45, 2.75) is 0 Å². The number of hydrogen-bond donors (Lipinski definition) is 1. The van der Waals surface area contributed by atoms with Gasteiger partial charge in [-0.15, -0.1) is 0 Å². The molecule has 0 fully saturated rings. The fraction of sp³-hybridized carbons (Fsp3) is 0.200. The average molecular weight is 242 g/mol. The van der Waals surface area contributed by atoms with Gasteiger partial charge in [0.05, 0.1) is 7.11 Å². The molecule has 1 aromatic carbocycles. The van der Waals surface area contributed by atoms with Crippen LogP contribution in [-0.4, -0.2) is 13.7 Å². The lowest BCUT2D eigenvalue weighted by Crippen LogP contribution is -1.92. The van der Waals surface area contributed by atoms with Crippen LogP contribution in [0.3, 0.4) is 0 Å². The van der Waals surface area contributed by atoms with Gasteiger partial charge in [0.2, 0.25) is 0 Å². The van der Waals surface area contributed by atoms with Crippen LogP contribution in [-0.2, 0) is 0 Å². The summed E-state index contributed by atoms with van der Waals surface area (Å²) in [6, 6.07) is 5.83. The molecule has 0 unspecified atom stereocenters. The summed E-state index contributed by atoms with van der Waals surface area (Å²) in [7, 11) is 1.65. The minimum atomic E-state index is 0.554. The molecule has 0 amide bonds. The molecule has 0 aliphatic carbocycles. The van der Waals surface area contributed by atoms with E-state index in [9.17, 15) is 0 Å². The molecule has 0 aromatic heterocycles. The van der Waals surface area contributed by atoms with Crippen LogP contribution in [0.5, 0.6) is 5.75 Å². The molecule has 0 radical (unpaired) electrons. The second kappa shape index (κ2) is 5.04. The molecule has 1 rings (SSSR count). The fourth-order valence-corrected chi connectivity index (χ4v) is 1.45. The summed E-state index contributed by atoms with van der Waals surface area (Å²) in [6.07, 6.45) is 3.89. The Morgan fingerprint density at radius 1 is 1.54 bits per heavy atom. The highest BCUT2D eigenvalue weighted by Gasteiger charge is 1.97. The third-order valence-electron chi connectivity index (χ3n) is 1.64. The first-order valence-corrected chi connectivity index (χ1v) is 4.77. The average Bonchev–Trinajstić information content (AvgIpc) is 2.16. The predicted octanol–water partition coefficient (Wildman–Crippen LogP) is 2.43. The molecular formula is C10H12BrNO. The summed E-state index contributed by atoms with van der Waals surface area (Å²) in [6.45, 7) is 0.554. The number of benzene rings is 1. The van der Waals surface area contributed by atoms with Crippen molar-refractivity contribution in [1.82, 2.24) is 0 Å². The quantitative estimate of drug-likeness (QED) is 0.883. The summed E-state index contributed by atoms with van der Waals surface area (Å²) < 4.78 is 6.09. The van der Waals surface area contributed by atoms with E-state index in [4.69, 9.17) is 10.5 Å². The molecule has 0 atom stereocenters. The molecule has 0 saturated carbocycles. The Bertz CT molecular complexity index is 310. The molecule has 0 heterocycles. The number of hydrogen-bond acceptors (Lipinski definition) is 2. The summed E-state index contributed by atoms with van der Waals surface area (Å²) in [4.78, 5) is 0. The lowest BCUT2D eigenvalue weighted by Gasteiger charge is -2.02. The zero-order chi connectivity index (χ0) is 9.68. The van der Waals surface area contributed by atoms with E-state index in [1.807, 2.05) is 30.4 Å². The van der Waals surface area contributed by atoms with E-state index in [1.165, 1.54) is 0 Å². The van der Waals surface area contributed by atoms with Crippen molar-refractivity contribution >= 4 is 22.0 Å². The highest BCUT2D eigenvalue weighted by Crippen LogP contribution is 2.23. The van der Waals surface area contributed by atoms with Crippen LogP contribution in [0.1, 0.15) is 5.56 Å². The highest BCUT2D eigenvalue weighted by molar-refractivity contribution is 9.10. The van der Waals surface area contributed by atoms with Crippen molar-refractivity contribution in [3.63, 3.8) is 0 Å². The molecule has 0 saturated heterocycles. The van der Waals surface area contributed by atoms with E-state index in [0.29, 0.717) is 6.54 Å². The molecule has 1 aromatic rings. The van der Waals surface area contributed by atoms with Crippen molar-refractivity contribution in [3.05, 3.63) is 34.3 Å². The molecular weight excluding hydrogens is 230 g/mol. The summed E-state index contributed by atoms with van der Waals surface area (Å²) in [5.74, 6) is 0.844. The fourth-order valence-electron chi connectivity index (χ4n) is 0.965. The van der Waals surface area contributed by atoms with Gasteiger partial charge in [0.25, 0.3) is 0 Å². The number of nitrogens with two attached hydrogens (primary N) is 1.